The largest absolute Gasteiger partial charge is 0.494 e. The lowest BCUT2D eigenvalue weighted by Crippen LogP contribution is -2.51. The normalized spacial score (nSPS) is 18.8. The van der Waals surface area contributed by atoms with Gasteiger partial charge in [-0.05, 0) is 62.4 Å². The summed E-state index contributed by atoms with van der Waals surface area (Å²) in [7, 11) is 0. The number of nitrogens with one attached hydrogen (secondary N) is 1. The Morgan fingerprint density at radius 1 is 1.08 bits per heavy atom. The van der Waals surface area contributed by atoms with Gasteiger partial charge in [0.15, 0.2) is 0 Å². The van der Waals surface area contributed by atoms with Crippen molar-refractivity contribution < 1.29 is 19.1 Å². The molecule has 0 radical (unpaired) electrons. The van der Waals surface area contributed by atoms with E-state index in [0.29, 0.717) is 13.2 Å². The van der Waals surface area contributed by atoms with Crippen LogP contribution in [-0.4, -0.2) is 63.6 Å². The van der Waals surface area contributed by atoms with Crippen LogP contribution in [-0.2, 0) is 20.9 Å². The van der Waals surface area contributed by atoms with Crippen molar-refractivity contribution in [3.63, 3.8) is 0 Å². The first-order valence-corrected chi connectivity index (χ1v) is 13.9. The van der Waals surface area contributed by atoms with Crippen LogP contribution in [0.1, 0.15) is 63.5 Å². The minimum absolute atomic E-state index is 0.0141. The summed E-state index contributed by atoms with van der Waals surface area (Å²) >= 11 is 0. The highest BCUT2D eigenvalue weighted by Gasteiger charge is 2.37. The molecule has 2 fully saturated rings. The van der Waals surface area contributed by atoms with Gasteiger partial charge < -0.3 is 19.7 Å². The van der Waals surface area contributed by atoms with Crippen LogP contribution >= 0.6 is 0 Å². The number of carbonyl (C=O) groups is 2. The highest BCUT2D eigenvalue weighted by molar-refractivity contribution is 5.89. The molecule has 1 N–H and O–H groups in total. The van der Waals surface area contributed by atoms with Gasteiger partial charge in [0.1, 0.15) is 23.9 Å². The highest BCUT2D eigenvalue weighted by Crippen LogP contribution is 2.32. The Balaban J connectivity index is 1.47. The van der Waals surface area contributed by atoms with E-state index >= 15 is 0 Å². The Labute approximate surface area is 223 Å². The van der Waals surface area contributed by atoms with Gasteiger partial charge in [0.05, 0.1) is 18.2 Å². The molecule has 5 rings (SSSR count). The van der Waals surface area contributed by atoms with Crippen LogP contribution in [0.4, 0.5) is 0 Å². The number of ether oxygens (including phenoxy) is 2. The molecule has 9 nitrogen and oxygen atoms in total. The molecule has 1 saturated carbocycles. The first-order valence-electron chi connectivity index (χ1n) is 13.9. The maximum absolute atomic E-state index is 14.1. The quantitative estimate of drug-likeness (QED) is 0.434. The summed E-state index contributed by atoms with van der Waals surface area (Å²) in [5.74, 6) is 0.408. The van der Waals surface area contributed by atoms with Gasteiger partial charge in [0.2, 0.25) is 11.8 Å². The SMILES string of the molecule is CCOc1ccc(C(C(=O)NCC2CCCO2)N(C(=O)Cn2nnc3ccccc32)C2CCCCC2)cc1. The van der Waals surface area contributed by atoms with E-state index in [2.05, 4.69) is 15.6 Å². The van der Waals surface area contributed by atoms with Crippen LogP contribution in [0.5, 0.6) is 5.75 Å². The third-order valence-corrected chi connectivity index (χ3v) is 7.52. The van der Waals surface area contributed by atoms with Crippen molar-refractivity contribution in [1.82, 2.24) is 25.2 Å². The number of fused-ring (bicyclic) bond motifs is 1. The van der Waals surface area contributed by atoms with Crippen LogP contribution in [0.2, 0.25) is 0 Å². The third-order valence-electron chi connectivity index (χ3n) is 7.52. The Bertz CT molecular complexity index is 1220. The number of hydrogen-bond acceptors (Lipinski definition) is 6. The second kappa shape index (κ2) is 12.4. The van der Waals surface area contributed by atoms with Crippen molar-refractivity contribution in [3.05, 3.63) is 54.1 Å². The molecule has 3 aromatic rings. The minimum atomic E-state index is -0.766. The van der Waals surface area contributed by atoms with Crippen molar-refractivity contribution >= 4 is 22.8 Å². The van der Waals surface area contributed by atoms with Crippen molar-refractivity contribution in [2.75, 3.05) is 19.8 Å². The van der Waals surface area contributed by atoms with Crippen LogP contribution < -0.4 is 10.1 Å². The average Bonchev–Trinajstić information content (AvgIpc) is 3.62. The zero-order valence-electron chi connectivity index (χ0n) is 22.1. The molecule has 1 saturated heterocycles. The summed E-state index contributed by atoms with van der Waals surface area (Å²) in [5, 5.41) is 11.6. The molecule has 202 valence electrons. The molecule has 0 spiro atoms. The molecule has 38 heavy (non-hydrogen) atoms. The summed E-state index contributed by atoms with van der Waals surface area (Å²) in [6, 6.07) is 14.3. The molecule has 0 bridgehead atoms. The fourth-order valence-corrected chi connectivity index (χ4v) is 5.63. The van der Waals surface area contributed by atoms with Gasteiger partial charge in [-0.25, -0.2) is 4.68 Å². The number of benzene rings is 2. The van der Waals surface area contributed by atoms with Crippen LogP contribution in [0.25, 0.3) is 11.0 Å². The Morgan fingerprint density at radius 3 is 2.61 bits per heavy atom. The van der Waals surface area contributed by atoms with Gasteiger partial charge in [-0.3, -0.25) is 9.59 Å². The Kier molecular flexibility index (Phi) is 8.53. The van der Waals surface area contributed by atoms with Crippen LogP contribution in [0.15, 0.2) is 48.5 Å². The Hall–Kier alpha value is -3.46. The molecule has 2 heterocycles. The third kappa shape index (κ3) is 5.99. The Morgan fingerprint density at radius 2 is 1.87 bits per heavy atom. The van der Waals surface area contributed by atoms with Gasteiger partial charge in [-0.2, -0.15) is 0 Å². The number of amides is 2. The predicted molar refractivity (Wildman–Crippen MR) is 144 cm³/mol. The van der Waals surface area contributed by atoms with Gasteiger partial charge in [-0.15, -0.1) is 5.10 Å². The maximum Gasteiger partial charge on any atom is 0.247 e. The number of hydrogen-bond donors (Lipinski definition) is 1. The van der Waals surface area contributed by atoms with Gasteiger partial charge in [-0.1, -0.05) is 48.7 Å². The molecule has 2 aromatic carbocycles. The molecule has 2 atom stereocenters. The summed E-state index contributed by atoms with van der Waals surface area (Å²) < 4.78 is 13.0. The monoisotopic (exact) mass is 519 g/mol. The molecule has 1 aliphatic carbocycles. The van der Waals surface area contributed by atoms with Gasteiger partial charge in [0.25, 0.3) is 0 Å². The van der Waals surface area contributed by atoms with Crippen molar-refractivity contribution in [3.8, 4) is 5.75 Å². The molecular weight excluding hydrogens is 482 g/mol. The number of para-hydroxylation sites is 1. The molecule has 2 unspecified atom stereocenters. The highest BCUT2D eigenvalue weighted by atomic mass is 16.5. The summed E-state index contributed by atoms with van der Waals surface area (Å²) in [6.07, 6.45) is 6.90. The lowest BCUT2D eigenvalue weighted by Gasteiger charge is -2.39. The van der Waals surface area contributed by atoms with E-state index in [1.54, 1.807) is 4.68 Å². The van der Waals surface area contributed by atoms with E-state index in [4.69, 9.17) is 9.47 Å². The first kappa shape index (κ1) is 26.2. The van der Waals surface area contributed by atoms with Crippen molar-refractivity contribution in [2.24, 2.45) is 0 Å². The first-order chi connectivity index (χ1) is 18.6. The summed E-state index contributed by atoms with van der Waals surface area (Å²) in [4.78, 5) is 29.8. The minimum Gasteiger partial charge on any atom is -0.494 e. The van der Waals surface area contributed by atoms with Crippen LogP contribution in [0, 0.1) is 0 Å². The van der Waals surface area contributed by atoms with E-state index in [1.165, 1.54) is 0 Å². The average molecular weight is 520 g/mol. The summed E-state index contributed by atoms with van der Waals surface area (Å²) in [5.41, 5.74) is 2.30. The van der Waals surface area contributed by atoms with E-state index < -0.39 is 6.04 Å². The van der Waals surface area contributed by atoms with E-state index in [9.17, 15) is 9.59 Å². The maximum atomic E-state index is 14.1. The lowest BCUT2D eigenvalue weighted by molar-refractivity contribution is -0.145. The molecular formula is C29H37N5O4. The lowest BCUT2D eigenvalue weighted by atomic mass is 9.91. The van der Waals surface area contributed by atoms with E-state index in [0.717, 1.165) is 73.9 Å². The topological polar surface area (TPSA) is 98.6 Å². The van der Waals surface area contributed by atoms with Crippen LogP contribution in [0.3, 0.4) is 0 Å². The molecule has 1 aliphatic heterocycles. The number of rotatable bonds is 10. The zero-order valence-corrected chi connectivity index (χ0v) is 22.1. The number of nitrogens with zero attached hydrogens (tertiary/aromatic N) is 4. The van der Waals surface area contributed by atoms with Crippen molar-refractivity contribution in [2.45, 2.75) is 76.6 Å². The van der Waals surface area contributed by atoms with E-state index in [-0.39, 0.29) is 30.5 Å². The van der Waals surface area contributed by atoms with E-state index in [1.807, 2.05) is 60.4 Å². The summed E-state index contributed by atoms with van der Waals surface area (Å²) in [6.45, 7) is 3.67. The van der Waals surface area contributed by atoms with Crippen molar-refractivity contribution in [1.29, 1.82) is 0 Å². The molecule has 2 amide bonds. The smallest absolute Gasteiger partial charge is 0.247 e. The van der Waals surface area contributed by atoms with Gasteiger partial charge >= 0.3 is 0 Å². The fourth-order valence-electron chi connectivity index (χ4n) is 5.63. The predicted octanol–water partition coefficient (Wildman–Crippen LogP) is 4.03. The fraction of sp³-hybridized carbons (Fsp3) is 0.517. The number of carbonyl (C=O) groups excluding carboxylic acids is 2. The second-order valence-electron chi connectivity index (χ2n) is 10.1. The number of aromatic nitrogens is 3. The standard InChI is InChI=1S/C29H37N5O4/c1-2-37-23-16-14-21(15-17-23)28(29(36)30-19-24-11-8-18-38-24)34(22-9-4-3-5-10-22)27(35)20-33-26-13-7-6-12-25(26)31-32-33/h6-7,12-17,22,24,28H,2-5,8-11,18-20H2,1H3,(H,30,36). The molecule has 1 aromatic heterocycles. The zero-order chi connectivity index (χ0) is 26.3. The van der Waals surface area contributed by atoms with Gasteiger partial charge in [0, 0.05) is 19.2 Å². The molecule has 9 heteroatoms. The second-order valence-corrected chi connectivity index (χ2v) is 10.1. The molecule has 2 aliphatic rings.